The lowest BCUT2D eigenvalue weighted by Crippen LogP contribution is -2.35. The third-order valence-corrected chi connectivity index (χ3v) is 5.84. The minimum atomic E-state index is -0.657. The summed E-state index contributed by atoms with van der Waals surface area (Å²) in [6.07, 6.45) is 0.680. The third kappa shape index (κ3) is 3.83. The van der Waals surface area contributed by atoms with E-state index in [1.807, 2.05) is 18.2 Å². The van der Waals surface area contributed by atoms with E-state index < -0.39 is 12.1 Å². The zero-order valence-electron chi connectivity index (χ0n) is 16.6. The van der Waals surface area contributed by atoms with Crippen LogP contribution >= 0.6 is 23.1 Å². The van der Waals surface area contributed by atoms with Gasteiger partial charge >= 0.3 is 12.1 Å². The number of aromatic amines is 1. The number of anilines is 3. The van der Waals surface area contributed by atoms with E-state index in [0.29, 0.717) is 32.9 Å². The Bertz CT molecular complexity index is 1340. The van der Waals surface area contributed by atoms with Crippen molar-refractivity contribution in [1.82, 2.24) is 24.5 Å². The van der Waals surface area contributed by atoms with Crippen molar-refractivity contribution in [3.63, 3.8) is 0 Å². The maximum absolute atomic E-state index is 12.4. The highest BCUT2D eigenvalue weighted by Crippen LogP contribution is 2.33. The molecule has 32 heavy (non-hydrogen) atoms. The number of amides is 3. The Morgan fingerprint density at radius 1 is 1.34 bits per heavy atom. The van der Waals surface area contributed by atoms with Crippen LogP contribution in [0.1, 0.15) is 6.92 Å². The normalized spacial score (nSPS) is 15.8. The minimum Gasteiger partial charge on any atom is -0.444 e. The summed E-state index contributed by atoms with van der Waals surface area (Å²) in [6, 6.07) is 10.2. The van der Waals surface area contributed by atoms with E-state index >= 15 is 0 Å². The number of carbonyl (C=O) groups excluding carboxylic acids is 2. The number of imide groups is 1. The van der Waals surface area contributed by atoms with Crippen LogP contribution in [0.5, 0.6) is 0 Å². The van der Waals surface area contributed by atoms with Crippen LogP contribution in [0.4, 0.5) is 26.1 Å². The van der Waals surface area contributed by atoms with E-state index in [2.05, 4.69) is 30.2 Å². The van der Waals surface area contributed by atoms with Crippen molar-refractivity contribution in [3.05, 3.63) is 47.6 Å². The summed E-state index contributed by atoms with van der Waals surface area (Å²) in [5, 5.41) is 14.7. The smallest absolute Gasteiger partial charge is 0.418 e. The summed E-state index contributed by atoms with van der Waals surface area (Å²) < 4.78 is 9.38. The molecule has 0 saturated carbocycles. The number of nitrogens with zero attached hydrogens (tertiary/aromatic N) is 4. The zero-order valence-corrected chi connectivity index (χ0v) is 18.2. The molecule has 162 valence electrons. The van der Waals surface area contributed by atoms with Gasteiger partial charge in [-0.2, -0.15) is 14.5 Å². The quantitative estimate of drug-likeness (QED) is 0.390. The predicted octanol–water partition coefficient (Wildman–Crippen LogP) is 4.85. The van der Waals surface area contributed by atoms with Gasteiger partial charge in [-0.25, -0.2) is 14.5 Å². The van der Waals surface area contributed by atoms with Gasteiger partial charge in [0.15, 0.2) is 5.82 Å². The van der Waals surface area contributed by atoms with Gasteiger partial charge in [-0.15, -0.1) is 0 Å². The van der Waals surface area contributed by atoms with Crippen LogP contribution < -0.4 is 10.6 Å². The van der Waals surface area contributed by atoms with Crippen LogP contribution in [-0.4, -0.2) is 49.2 Å². The van der Waals surface area contributed by atoms with Crippen LogP contribution in [0, 0.1) is 0 Å². The molecule has 3 N–H and O–H groups in total. The predicted molar refractivity (Wildman–Crippen MR) is 121 cm³/mol. The molecule has 1 saturated heterocycles. The van der Waals surface area contributed by atoms with Crippen molar-refractivity contribution >= 4 is 62.7 Å². The summed E-state index contributed by atoms with van der Waals surface area (Å²) in [7, 11) is 0. The molecule has 0 aliphatic carbocycles. The first-order valence-electron chi connectivity index (χ1n) is 9.60. The highest BCUT2D eigenvalue weighted by atomic mass is 35.5. The number of benzene rings is 2. The van der Waals surface area contributed by atoms with Gasteiger partial charge in [-0.3, -0.25) is 5.10 Å². The molecule has 1 aliphatic heterocycles. The molecule has 3 heterocycles. The number of carbonyl (C=O) groups is 2. The first-order chi connectivity index (χ1) is 15.5. The van der Waals surface area contributed by atoms with Crippen LogP contribution in [-0.2, 0) is 4.74 Å². The molecule has 0 bridgehead atoms. The minimum absolute atomic E-state index is 0.209. The Morgan fingerprint density at radius 2 is 2.22 bits per heavy atom. The van der Waals surface area contributed by atoms with E-state index in [4.69, 9.17) is 16.3 Å². The van der Waals surface area contributed by atoms with E-state index in [9.17, 15) is 9.59 Å². The Kier molecular flexibility index (Phi) is 5.11. The Morgan fingerprint density at radius 3 is 3.03 bits per heavy atom. The number of ether oxygens (including phenoxy) is 1. The van der Waals surface area contributed by atoms with Gasteiger partial charge in [0, 0.05) is 28.2 Å². The molecular formula is C20H16ClN7O3S. The zero-order chi connectivity index (χ0) is 22.2. The average Bonchev–Trinajstić information content (AvgIpc) is 3.50. The molecule has 0 spiro atoms. The second-order valence-corrected chi connectivity index (χ2v) is 8.25. The largest absolute Gasteiger partial charge is 0.444 e. The highest BCUT2D eigenvalue weighted by molar-refractivity contribution is 7.10. The third-order valence-electron chi connectivity index (χ3n) is 4.81. The molecule has 4 aromatic rings. The second kappa shape index (κ2) is 8.09. The highest BCUT2D eigenvalue weighted by Gasteiger charge is 2.33. The first-order valence-corrected chi connectivity index (χ1v) is 10.7. The molecule has 0 radical (unpaired) electrons. The standard InChI is InChI=1S/C20H16ClN7O3S/c1-10-9-28(20(30)31-10)19(29)23-12-4-2-3-11(7-12)17-25-18(32-27-17)24-15-6-5-14-13(16(15)21)8-22-26-14/h2-8,10H,9H2,1H3,(H,22,26)(H,23,29)(H,24,25,27). The lowest BCUT2D eigenvalue weighted by molar-refractivity contribution is 0.141. The Hall–Kier alpha value is -3.70. The fourth-order valence-corrected chi connectivity index (χ4v) is 4.15. The van der Waals surface area contributed by atoms with E-state index in [1.165, 1.54) is 11.5 Å². The summed E-state index contributed by atoms with van der Waals surface area (Å²) in [5.74, 6) is 0.489. The van der Waals surface area contributed by atoms with Gasteiger partial charge < -0.3 is 15.4 Å². The van der Waals surface area contributed by atoms with Gasteiger partial charge in [0.1, 0.15) is 6.10 Å². The van der Waals surface area contributed by atoms with Crippen LogP contribution in [0.15, 0.2) is 42.6 Å². The number of hydrogen-bond donors (Lipinski definition) is 3. The lowest BCUT2D eigenvalue weighted by atomic mass is 10.2. The van der Waals surface area contributed by atoms with E-state index in [1.54, 1.807) is 31.3 Å². The second-order valence-electron chi connectivity index (χ2n) is 7.12. The number of aromatic nitrogens is 4. The monoisotopic (exact) mass is 469 g/mol. The van der Waals surface area contributed by atoms with Crippen molar-refractivity contribution in [2.45, 2.75) is 13.0 Å². The Labute approximate surface area is 190 Å². The maximum Gasteiger partial charge on any atom is 0.418 e. The van der Waals surface area contributed by atoms with Gasteiger partial charge in [-0.05, 0) is 31.2 Å². The van der Waals surface area contributed by atoms with Gasteiger partial charge in [-0.1, -0.05) is 23.7 Å². The molecule has 5 rings (SSSR count). The molecule has 1 fully saturated rings. The van der Waals surface area contributed by atoms with Gasteiger partial charge in [0.2, 0.25) is 5.13 Å². The summed E-state index contributed by atoms with van der Waals surface area (Å²) in [6.45, 7) is 1.94. The number of urea groups is 1. The summed E-state index contributed by atoms with van der Waals surface area (Å²) >= 11 is 7.64. The fraction of sp³-hybridized carbons (Fsp3) is 0.150. The summed E-state index contributed by atoms with van der Waals surface area (Å²) in [5.41, 5.74) is 2.75. The fourth-order valence-electron chi connectivity index (χ4n) is 3.28. The Balaban J connectivity index is 1.32. The number of rotatable bonds is 4. The lowest BCUT2D eigenvalue weighted by Gasteiger charge is -2.12. The molecule has 10 nitrogen and oxygen atoms in total. The molecule has 1 unspecified atom stereocenters. The van der Waals surface area contributed by atoms with Crippen molar-refractivity contribution < 1.29 is 14.3 Å². The van der Waals surface area contributed by atoms with E-state index in [0.717, 1.165) is 15.8 Å². The molecule has 2 aromatic heterocycles. The molecule has 2 aromatic carbocycles. The molecular weight excluding hydrogens is 454 g/mol. The first kappa shape index (κ1) is 20.2. The summed E-state index contributed by atoms with van der Waals surface area (Å²) in [4.78, 5) is 29.7. The van der Waals surface area contributed by atoms with Gasteiger partial charge in [0.05, 0.1) is 29.0 Å². The van der Waals surface area contributed by atoms with E-state index in [-0.39, 0.29) is 12.6 Å². The van der Waals surface area contributed by atoms with Crippen molar-refractivity contribution in [2.24, 2.45) is 0 Å². The van der Waals surface area contributed by atoms with Crippen LogP contribution in [0.3, 0.4) is 0 Å². The van der Waals surface area contributed by atoms with Crippen molar-refractivity contribution in [2.75, 3.05) is 17.2 Å². The SMILES string of the molecule is CC1CN(C(=O)Nc2cccc(-c3nsc(Nc4ccc5[nH]ncc5c4Cl)n3)c2)C(=O)O1. The molecule has 1 aliphatic rings. The van der Waals surface area contributed by atoms with Crippen LogP contribution in [0.2, 0.25) is 5.02 Å². The number of nitrogens with one attached hydrogen (secondary N) is 3. The van der Waals surface area contributed by atoms with Gasteiger partial charge in [0.25, 0.3) is 0 Å². The number of H-pyrrole nitrogens is 1. The van der Waals surface area contributed by atoms with Crippen molar-refractivity contribution in [1.29, 1.82) is 0 Å². The number of halogens is 1. The van der Waals surface area contributed by atoms with Crippen LogP contribution in [0.25, 0.3) is 22.3 Å². The molecule has 12 heteroatoms. The number of fused-ring (bicyclic) bond motifs is 1. The average molecular weight is 470 g/mol. The molecule has 3 amide bonds. The topological polar surface area (TPSA) is 125 Å². The van der Waals surface area contributed by atoms with Crippen molar-refractivity contribution in [3.8, 4) is 11.4 Å². The number of hydrogen-bond acceptors (Lipinski definition) is 8. The number of cyclic esters (lactones) is 1. The molecule has 1 atom stereocenters. The maximum atomic E-state index is 12.4.